The summed E-state index contributed by atoms with van der Waals surface area (Å²) in [6.07, 6.45) is 2.31. The van der Waals surface area contributed by atoms with Crippen molar-refractivity contribution in [1.82, 2.24) is 14.8 Å². The highest BCUT2D eigenvalue weighted by Crippen LogP contribution is 2.51. The summed E-state index contributed by atoms with van der Waals surface area (Å²) in [6, 6.07) is 5.31. The van der Waals surface area contributed by atoms with Crippen molar-refractivity contribution in [3.05, 3.63) is 59.2 Å². The number of nitrogens with one attached hydrogen (secondary N) is 1. The van der Waals surface area contributed by atoms with E-state index in [0.717, 1.165) is 12.1 Å². The Bertz CT molecular complexity index is 1530. The summed E-state index contributed by atoms with van der Waals surface area (Å²) < 4.78 is 57.4. The fourth-order valence-electron chi connectivity index (χ4n) is 5.94. The van der Waals surface area contributed by atoms with Gasteiger partial charge in [-0.05, 0) is 48.9 Å². The molecule has 0 saturated heterocycles. The third kappa shape index (κ3) is 3.81. The van der Waals surface area contributed by atoms with Crippen LogP contribution in [0.25, 0.3) is 27.5 Å². The molecule has 0 amide bonds. The SMILES string of the molecule is COCC(C)(C)c1c(C2CC[C@@](OC)(C(=O)O)C2)c2c(F)c3[nH]ncc3cc2n1-c1ccc(F)c(F)c1. The first-order valence-corrected chi connectivity index (χ1v) is 12.0. The number of carboxylic acids is 1. The second-order valence-electron chi connectivity index (χ2n) is 10.4. The molecule has 0 bridgehead atoms. The van der Waals surface area contributed by atoms with Gasteiger partial charge in [0.2, 0.25) is 0 Å². The number of methoxy groups -OCH3 is 2. The quantitative estimate of drug-likeness (QED) is 0.335. The van der Waals surface area contributed by atoms with Crippen molar-refractivity contribution in [2.45, 2.75) is 50.0 Å². The number of carboxylic acid groups (broad SMARTS) is 1. The lowest BCUT2D eigenvalue weighted by Gasteiger charge is -2.30. The van der Waals surface area contributed by atoms with Gasteiger partial charge in [0.15, 0.2) is 23.1 Å². The van der Waals surface area contributed by atoms with Crippen LogP contribution in [0.5, 0.6) is 0 Å². The number of H-pyrrole nitrogens is 1. The fraction of sp³-hybridized carbons (Fsp3) is 0.407. The first-order valence-electron chi connectivity index (χ1n) is 12.0. The van der Waals surface area contributed by atoms with Crippen LogP contribution in [-0.2, 0) is 19.7 Å². The second kappa shape index (κ2) is 8.88. The number of carbonyl (C=O) groups is 1. The molecule has 2 atom stereocenters. The Hall–Kier alpha value is -3.37. The minimum absolute atomic E-state index is 0.131. The zero-order valence-corrected chi connectivity index (χ0v) is 21.0. The molecule has 2 aromatic heterocycles. The second-order valence-corrected chi connectivity index (χ2v) is 10.4. The Kier molecular flexibility index (Phi) is 6.07. The predicted octanol–water partition coefficient (Wildman–Crippen LogP) is 5.59. The first-order chi connectivity index (χ1) is 17.5. The van der Waals surface area contributed by atoms with Crippen molar-refractivity contribution in [1.29, 1.82) is 0 Å². The van der Waals surface area contributed by atoms with Gasteiger partial charge in [-0.3, -0.25) is 5.10 Å². The van der Waals surface area contributed by atoms with E-state index in [4.69, 9.17) is 9.47 Å². The molecule has 1 fully saturated rings. The van der Waals surface area contributed by atoms with E-state index in [1.165, 1.54) is 19.4 Å². The molecule has 1 aliphatic carbocycles. The van der Waals surface area contributed by atoms with Gasteiger partial charge >= 0.3 is 5.97 Å². The molecule has 37 heavy (non-hydrogen) atoms. The van der Waals surface area contributed by atoms with E-state index in [-0.39, 0.29) is 36.3 Å². The molecular weight excluding hydrogens is 487 g/mol. The van der Waals surface area contributed by atoms with Gasteiger partial charge in [-0.15, -0.1) is 0 Å². The zero-order valence-electron chi connectivity index (χ0n) is 21.0. The number of benzene rings is 2. The zero-order chi connectivity index (χ0) is 26.7. The van der Waals surface area contributed by atoms with Crippen molar-refractivity contribution in [3.8, 4) is 5.69 Å². The fourth-order valence-corrected chi connectivity index (χ4v) is 5.94. The molecule has 2 N–H and O–H groups in total. The lowest BCUT2D eigenvalue weighted by atomic mass is 9.81. The molecule has 1 saturated carbocycles. The number of ether oxygens (including phenoxy) is 2. The third-order valence-corrected chi connectivity index (χ3v) is 7.61. The Morgan fingerprint density at radius 1 is 1.24 bits per heavy atom. The first kappa shape index (κ1) is 25.3. The van der Waals surface area contributed by atoms with Crippen LogP contribution in [0.15, 0.2) is 30.5 Å². The third-order valence-electron chi connectivity index (χ3n) is 7.61. The molecular formula is C27H28F3N3O4. The number of rotatable bonds is 7. The Balaban J connectivity index is 1.92. The number of nitrogens with zero attached hydrogens (tertiary/aromatic N) is 2. The van der Waals surface area contributed by atoms with Gasteiger partial charge in [-0.1, -0.05) is 13.8 Å². The standard InChI is InChI=1S/C27H28F3N3O4/c1-26(2,13-36-3)24-20(14-7-8-27(11-14,37-4)25(34)35)21-19(9-15-12-31-32-23(15)22(21)30)33(24)16-5-6-17(28)18(29)10-16/h5-6,9-10,12,14H,7-8,11,13H2,1-4H3,(H,31,32)(H,34,35)/t14?,27-/m0/s1. The van der Waals surface area contributed by atoms with Gasteiger partial charge in [-0.25, -0.2) is 18.0 Å². The van der Waals surface area contributed by atoms with E-state index >= 15 is 4.39 Å². The van der Waals surface area contributed by atoms with E-state index in [1.54, 1.807) is 17.7 Å². The van der Waals surface area contributed by atoms with Crippen LogP contribution in [0.1, 0.15) is 50.3 Å². The van der Waals surface area contributed by atoms with E-state index in [0.29, 0.717) is 34.3 Å². The summed E-state index contributed by atoms with van der Waals surface area (Å²) in [5.41, 5.74) is 0.0731. The van der Waals surface area contributed by atoms with E-state index in [9.17, 15) is 18.7 Å². The molecule has 4 aromatic rings. The van der Waals surface area contributed by atoms with Crippen molar-refractivity contribution in [3.63, 3.8) is 0 Å². The number of hydrogen-bond acceptors (Lipinski definition) is 4. The molecule has 5 rings (SSSR count). The van der Waals surface area contributed by atoms with Gasteiger partial charge in [0.05, 0.1) is 18.3 Å². The summed E-state index contributed by atoms with van der Waals surface area (Å²) in [6.45, 7) is 4.08. The van der Waals surface area contributed by atoms with Crippen LogP contribution in [0, 0.1) is 17.5 Å². The van der Waals surface area contributed by atoms with Crippen LogP contribution in [0.2, 0.25) is 0 Å². The summed E-state index contributed by atoms with van der Waals surface area (Å²) in [5.74, 6) is -4.03. The average Bonchev–Trinajstić information content (AvgIpc) is 3.57. The summed E-state index contributed by atoms with van der Waals surface area (Å²) in [7, 11) is 2.92. The molecule has 7 nitrogen and oxygen atoms in total. The van der Waals surface area contributed by atoms with Crippen molar-refractivity contribution < 1.29 is 32.5 Å². The van der Waals surface area contributed by atoms with Crippen LogP contribution in [-0.4, -0.2) is 52.3 Å². The lowest BCUT2D eigenvalue weighted by Crippen LogP contribution is -2.38. The van der Waals surface area contributed by atoms with Gasteiger partial charge in [0, 0.05) is 47.9 Å². The molecule has 0 aliphatic heterocycles. The number of aromatic nitrogens is 3. The molecule has 10 heteroatoms. The van der Waals surface area contributed by atoms with Crippen LogP contribution >= 0.6 is 0 Å². The average molecular weight is 516 g/mol. The number of halogens is 3. The van der Waals surface area contributed by atoms with Crippen molar-refractivity contribution >= 4 is 27.8 Å². The highest BCUT2D eigenvalue weighted by atomic mass is 19.2. The largest absolute Gasteiger partial charge is 0.479 e. The summed E-state index contributed by atoms with van der Waals surface area (Å²) in [5, 5.41) is 17.4. The molecule has 1 unspecified atom stereocenters. The van der Waals surface area contributed by atoms with E-state index < -0.39 is 34.4 Å². The predicted molar refractivity (Wildman–Crippen MR) is 132 cm³/mol. The lowest BCUT2D eigenvalue weighted by molar-refractivity contribution is -0.161. The highest BCUT2D eigenvalue weighted by Gasteiger charge is 2.49. The number of hydrogen-bond donors (Lipinski definition) is 2. The Morgan fingerprint density at radius 3 is 2.62 bits per heavy atom. The highest BCUT2D eigenvalue weighted by molar-refractivity contribution is 6.00. The van der Waals surface area contributed by atoms with Gasteiger partial charge < -0.3 is 19.1 Å². The Labute approximate surface area is 211 Å². The van der Waals surface area contributed by atoms with Gasteiger partial charge in [-0.2, -0.15) is 5.10 Å². The molecule has 0 spiro atoms. The van der Waals surface area contributed by atoms with Gasteiger partial charge in [0.25, 0.3) is 0 Å². The minimum atomic E-state index is -1.40. The number of fused-ring (bicyclic) bond motifs is 2. The van der Waals surface area contributed by atoms with Crippen LogP contribution < -0.4 is 0 Å². The van der Waals surface area contributed by atoms with Crippen molar-refractivity contribution in [2.24, 2.45) is 0 Å². The van der Waals surface area contributed by atoms with Crippen LogP contribution in [0.4, 0.5) is 13.2 Å². The monoisotopic (exact) mass is 515 g/mol. The smallest absolute Gasteiger partial charge is 0.335 e. The maximum Gasteiger partial charge on any atom is 0.335 e. The van der Waals surface area contributed by atoms with Crippen LogP contribution in [0.3, 0.4) is 0 Å². The maximum absolute atomic E-state index is 16.3. The number of aromatic amines is 1. The molecule has 196 valence electrons. The van der Waals surface area contributed by atoms with E-state index in [1.807, 2.05) is 13.8 Å². The Morgan fingerprint density at radius 2 is 2.00 bits per heavy atom. The van der Waals surface area contributed by atoms with Crippen molar-refractivity contribution in [2.75, 3.05) is 20.8 Å². The molecule has 0 radical (unpaired) electrons. The summed E-state index contributed by atoms with van der Waals surface area (Å²) >= 11 is 0. The molecule has 1 aliphatic rings. The van der Waals surface area contributed by atoms with Gasteiger partial charge in [0.1, 0.15) is 5.52 Å². The molecule has 2 heterocycles. The number of aliphatic carboxylic acids is 1. The topological polar surface area (TPSA) is 89.4 Å². The minimum Gasteiger partial charge on any atom is -0.479 e. The maximum atomic E-state index is 16.3. The van der Waals surface area contributed by atoms with E-state index in [2.05, 4.69) is 10.2 Å². The summed E-state index contributed by atoms with van der Waals surface area (Å²) in [4.78, 5) is 12.2. The molecule has 2 aromatic carbocycles. The normalized spacial score (nSPS) is 20.4.